The van der Waals surface area contributed by atoms with Crippen LogP contribution in [0.1, 0.15) is 18.4 Å². The van der Waals surface area contributed by atoms with Crippen LogP contribution in [0.4, 0.5) is 0 Å². The summed E-state index contributed by atoms with van der Waals surface area (Å²) < 4.78 is 5.11. The lowest BCUT2D eigenvalue weighted by molar-refractivity contribution is 0.397. The van der Waals surface area contributed by atoms with Gasteiger partial charge in [0.2, 0.25) is 5.88 Å². The number of unbranched alkanes of at least 4 members (excludes halogenated alkanes) is 1. The minimum Gasteiger partial charge on any atom is -0.481 e. The maximum Gasteiger partial charge on any atom is 0.213 e. The highest BCUT2D eigenvalue weighted by Crippen LogP contribution is 2.08. The molecule has 0 saturated carbocycles. The first kappa shape index (κ1) is 16.0. The van der Waals surface area contributed by atoms with Crippen molar-refractivity contribution in [1.29, 1.82) is 0 Å². The largest absolute Gasteiger partial charge is 0.481 e. The Hall–Kier alpha value is -2.04. The molecule has 0 saturated heterocycles. The maximum absolute atomic E-state index is 5.11. The van der Waals surface area contributed by atoms with Crippen LogP contribution in [0.3, 0.4) is 0 Å². The molecule has 0 spiro atoms. The third-order valence-electron chi connectivity index (χ3n) is 2.93. The number of hydrogen-bond donors (Lipinski definition) is 1. The predicted octanol–water partition coefficient (Wildman–Crippen LogP) is 2.06. The molecule has 0 radical (unpaired) electrons. The van der Waals surface area contributed by atoms with Gasteiger partial charge in [-0.2, -0.15) is 0 Å². The second-order valence-corrected chi connectivity index (χ2v) is 4.46. The van der Waals surface area contributed by atoms with Crippen LogP contribution in [-0.2, 0) is 6.54 Å². The fourth-order valence-corrected chi connectivity index (χ4v) is 1.82. The average molecular weight is 276 g/mol. The summed E-state index contributed by atoms with van der Waals surface area (Å²) in [4.78, 5) is 10.5. The van der Waals surface area contributed by atoms with E-state index in [9.17, 15) is 0 Å². The number of hydrogen-bond acceptors (Lipinski definition) is 3. The van der Waals surface area contributed by atoms with Crippen molar-refractivity contribution in [3.05, 3.63) is 36.5 Å². The Balaban J connectivity index is 2.50. The first-order chi connectivity index (χ1) is 9.71. The van der Waals surface area contributed by atoms with Gasteiger partial charge in [0.1, 0.15) is 0 Å². The third-order valence-corrected chi connectivity index (χ3v) is 2.93. The molecule has 1 aromatic heterocycles. The summed E-state index contributed by atoms with van der Waals surface area (Å²) in [6, 6.07) is 3.87. The van der Waals surface area contributed by atoms with Crippen LogP contribution in [0.15, 0.2) is 36.0 Å². The third kappa shape index (κ3) is 5.30. The van der Waals surface area contributed by atoms with E-state index in [4.69, 9.17) is 4.74 Å². The van der Waals surface area contributed by atoms with Gasteiger partial charge in [-0.25, -0.2) is 4.98 Å². The molecule has 5 heteroatoms. The summed E-state index contributed by atoms with van der Waals surface area (Å²) in [5.74, 6) is 1.50. The summed E-state index contributed by atoms with van der Waals surface area (Å²) in [5, 5.41) is 3.33. The zero-order valence-corrected chi connectivity index (χ0v) is 12.6. The predicted molar refractivity (Wildman–Crippen MR) is 83.0 cm³/mol. The standard InChI is InChI=1S/C15H24N4O/c1-5-6-7-10-19(3)15(16-2)18-12-13-8-9-17-14(11-13)20-4/h5,8-9,11H,1,6-7,10,12H2,2-4H3,(H,16,18). The van der Waals surface area contributed by atoms with Crippen molar-refractivity contribution in [3.8, 4) is 5.88 Å². The van der Waals surface area contributed by atoms with Gasteiger partial charge >= 0.3 is 0 Å². The lowest BCUT2D eigenvalue weighted by Crippen LogP contribution is -2.38. The number of pyridine rings is 1. The number of aliphatic imine (C=N–C) groups is 1. The highest BCUT2D eigenvalue weighted by molar-refractivity contribution is 5.79. The summed E-state index contributed by atoms with van der Waals surface area (Å²) in [6.07, 6.45) is 5.77. The number of nitrogens with zero attached hydrogens (tertiary/aromatic N) is 3. The molecule has 0 atom stereocenters. The molecule has 5 nitrogen and oxygen atoms in total. The maximum atomic E-state index is 5.11. The van der Waals surface area contributed by atoms with Crippen LogP contribution in [0.25, 0.3) is 0 Å². The van der Waals surface area contributed by atoms with Crippen LogP contribution >= 0.6 is 0 Å². The second kappa shape index (κ2) is 8.96. The Morgan fingerprint density at radius 1 is 1.60 bits per heavy atom. The number of aromatic nitrogens is 1. The highest BCUT2D eigenvalue weighted by atomic mass is 16.5. The van der Waals surface area contributed by atoms with Crippen LogP contribution in [-0.4, -0.2) is 43.6 Å². The summed E-state index contributed by atoms with van der Waals surface area (Å²) >= 11 is 0. The van der Waals surface area contributed by atoms with E-state index in [0.717, 1.165) is 30.9 Å². The van der Waals surface area contributed by atoms with Gasteiger partial charge in [0.25, 0.3) is 0 Å². The molecule has 1 heterocycles. The topological polar surface area (TPSA) is 49.8 Å². The SMILES string of the molecule is C=CCCCN(C)C(=NC)NCc1ccnc(OC)c1. The van der Waals surface area contributed by atoms with Gasteiger partial charge < -0.3 is 15.0 Å². The van der Waals surface area contributed by atoms with Gasteiger partial charge in [0.05, 0.1) is 7.11 Å². The minimum absolute atomic E-state index is 0.624. The fourth-order valence-electron chi connectivity index (χ4n) is 1.82. The molecule has 0 bridgehead atoms. The molecule has 1 aromatic rings. The highest BCUT2D eigenvalue weighted by Gasteiger charge is 2.05. The molecule has 0 amide bonds. The fraction of sp³-hybridized carbons (Fsp3) is 0.467. The molecular formula is C15H24N4O. The van der Waals surface area contributed by atoms with Gasteiger partial charge in [0, 0.05) is 39.4 Å². The van der Waals surface area contributed by atoms with E-state index in [0.29, 0.717) is 12.4 Å². The average Bonchev–Trinajstić information content (AvgIpc) is 2.48. The molecule has 0 aliphatic heterocycles. The lowest BCUT2D eigenvalue weighted by atomic mass is 10.2. The molecule has 0 fully saturated rings. The van der Waals surface area contributed by atoms with Crippen LogP contribution in [0, 0.1) is 0 Å². The van der Waals surface area contributed by atoms with Gasteiger partial charge in [0.15, 0.2) is 5.96 Å². The number of ether oxygens (including phenoxy) is 1. The second-order valence-electron chi connectivity index (χ2n) is 4.46. The molecule has 0 aromatic carbocycles. The van der Waals surface area contributed by atoms with Crippen molar-refractivity contribution in [2.24, 2.45) is 4.99 Å². The Kier molecular flexibility index (Phi) is 7.17. The van der Waals surface area contributed by atoms with E-state index in [1.54, 1.807) is 20.4 Å². The van der Waals surface area contributed by atoms with E-state index >= 15 is 0 Å². The first-order valence-corrected chi connectivity index (χ1v) is 6.73. The van der Waals surface area contributed by atoms with Crippen LogP contribution in [0.5, 0.6) is 5.88 Å². The smallest absolute Gasteiger partial charge is 0.213 e. The van der Waals surface area contributed by atoms with E-state index in [2.05, 4.69) is 26.8 Å². The van der Waals surface area contributed by atoms with Gasteiger partial charge in [-0.1, -0.05) is 6.08 Å². The lowest BCUT2D eigenvalue weighted by Gasteiger charge is -2.21. The minimum atomic E-state index is 0.624. The van der Waals surface area contributed by atoms with E-state index in [-0.39, 0.29) is 0 Å². The summed E-state index contributed by atoms with van der Waals surface area (Å²) in [7, 11) is 5.44. The molecule has 1 N–H and O–H groups in total. The van der Waals surface area contributed by atoms with E-state index in [1.807, 2.05) is 25.3 Å². The Bertz CT molecular complexity index is 445. The molecule has 0 unspecified atom stereocenters. The Morgan fingerprint density at radius 3 is 3.05 bits per heavy atom. The van der Waals surface area contributed by atoms with Crippen molar-refractivity contribution >= 4 is 5.96 Å². The van der Waals surface area contributed by atoms with Crippen molar-refractivity contribution in [2.75, 3.05) is 27.7 Å². The number of allylic oxidation sites excluding steroid dienone is 1. The molecular weight excluding hydrogens is 252 g/mol. The van der Waals surface area contributed by atoms with Crippen molar-refractivity contribution < 1.29 is 4.74 Å². The molecule has 1 rings (SSSR count). The zero-order valence-electron chi connectivity index (χ0n) is 12.6. The molecule has 0 aliphatic rings. The normalized spacial score (nSPS) is 11.1. The van der Waals surface area contributed by atoms with Gasteiger partial charge in [-0.15, -0.1) is 6.58 Å². The Labute approximate surface area is 121 Å². The first-order valence-electron chi connectivity index (χ1n) is 6.73. The molecule has 110 valence electrons. The monoisotopic (exact) mass is 276 g/mol. The number of rotatable bonds is 7. The van der Waals surface area contributed by atoms with E-state index in [1.165, 1.54) is 0 Å². The quantitative estimate of drug-likeness (QED) is 0.358. The van der Waals surface area contributed by atoms with Crippen molar-refractivity contribution in [1.82, 2.24) is 15.2 Å². The van der Waals surface area contributed by atoms with Gasteiger partial charge in [-0.05, 0) is 24.5 Å². The van der Waals surface area contributed by atoms with Crippen molar-refractivity contribution in [3.63, 3.8) is 0 Å². The summed E-state index contributed by atoms with van der Waals surface area (Å²) in [5.41, 5.74) is 1.11. The molecule has 0 aliphatic carbocycles. The number of methoxy groups -OCH3 is 1. The van der Waals surface area contributed by atoms with Crippen LogP contribution < -0.4 is 10.1 Å². The summed E-state index contributed by atoms with van der Waals surface area (Å²) in [6.45, 7) is 5.37. The van der Waals surface area contributed by atoms with E-state index < -0.39 is 0 Å². The Morgan fingerprint density at radius 2 is 2.40 bits per heavy atom. The van der Waals surface area contributed by atoms with Crippen LogP contribution in [0.2, 0.25) is 0 Å². The molecule has 20 heavy (non-hydrogen) atoms. The van der Waals surface area contributed by atoms with Gasteiger partial charge in [-0.3, -0.25) is 4.99 Å². The number of guanidine groups is 1. The van der Waals surface area contributed by atoms with Crippen molar-refractivity contribution in [2.45, 2.75) is 19.4 Å². The zero-order chi connectivity index (χ0) is 14.8. The number of nitrogens with one attached hydrogen (secondary N) is 1.